The lowest BCUT2D eigenvalue weighted by atomic mass is 9.71. The van der Waals surface area contributed by atoms with E-state index in [-0.39, 0.29) is 34.7 Å². The number of hydrogen-bond acceptors (Lipinski definition) is 7. The van der Waals surface area contributed by atoms with Gasteiger partial charge >= 0.3 is 0 Å². The third-order valence-corrected chi connectivity index (χ3v) is 8.98. The Kier molecular flexibility index (Phi) is 8.29. The predicted molar refractivity (Wildman–Crippen MR) is 151 cm³/mol. The number of aromatic nitrogens is 2. The highest BCUT2D eigenvalue weighted by atomic mass is 19.1. The zero-order valence-corrected chi connectivity index (χ0v) is 23.9. The first-order valence-electron chi connectivity index (χ1n) is 14.6. The highest BCUT2D eigenvalue weighted by Crippen LogP contribution is 2.45. The first-order chi connectivity index (χ1) is 19.1. The summed E-state index contributed by atoms with van der Waals surface area (Å²) in [6, 6.07) is 4.10. The van der Waals surface area contributed by atoms with E-state index in [1.54, 1.807) is 11.1 Å². The third kappa shape index (κ3) is 6.07. The topological polar surface area (TPSA) is 87.8 Å². The maximum absolute atomic E-state index is 15.4. The molecule has 10 heteroatoms. The summed E-state index contributed by atoms with van der Waals surface area (Å²) in [5, 5.41) is 0. The van der Waals surface area contributed by atoms with Gasteiger partial charge in [-0.05, 0) is 90.6 Å². The molecule has 2 N–H and O–H groups in total. The number of amides is 1. The molecular formula is C30H42F2N6O2. The van der Waals surface area contributed by atoms with Crippen LogP contribution in [0.2, 0.25) is 0 Å². The molecule has 1 aliphatic carbocycles. The number of hydrogen-bond donors (Lipinski definition) is 1. The van der Waals surface area contributed by atoms with Crippen LogP contribution in [-0.4, -0.2) is 82.7 Å². The molecule has 2 saturated heterocycles. The number of nitrogens with two attached hydrogens (primary N) is 1. The fourth-order valence-corrected chi connectivity index (χ4v) is 6.53. The molecule has 3 fully saturated rings. The molecular weight excluding hydrogens is 514 g/mol. The van der Waals surface area contributed by atoms with Crippen molar-refractivity contribution in [1.82, 2.24) is 19.8 Å². The summed E-state index contributed by atoms with van der Waals surface area (Å²) in [5.74, 6) is 0.572. The number of nitrogens with zero attached hydrogens (tertiary/aromatic N) is 5. The summed E-state index contributed by atoms with van der Waals surface area (Å²) in [5.41, 5.74) is 5.22. The Morgan fingerprint density at radius 1 is 1.18 bits per heavy atom. The van der Waals surface area contributed by atoms with Gasteiger partial charge in [-0.2, -0.15) is 0 Å². The van der Waals surface area contributed by atoms with E-state index in [0.717, 1.165) is 51.9 Å². The van der Waals surface area contributed by atoms with Crippen molar-refractivity contribution in [3.8, 4) is 11.5 Å². The van der Waals surface area contributed by atoms with Gasteiger partial charge in [0.1, 0.15) is 23.6 Å². The van der Waals surface area contributed by atoms with E-state index in [1.807, 2.05) is 20.8 Å². The monoisotopic (exact) mass is 556 g/mol. The van der Waals surface area contributed by atoms with Crippen molar-refractivity contribution in [3.05, 3.63) is 42.1 Å². The first-order valence-corrected chi connectivity index (χ1v) is 14.6. The zero-order valence-electron chi connectivity index (χ0n) is 23.9. The van der Waals surface area contributed by atoms with Gasteiger partial charge in [0.05, 0.1) is 11.8 Å². The van der Waals surface area contributed by atoms with E-state index in [9.17, 15) is 9.18 Å². The summed E-state index contributed by atoms with van der Waals surface area (Å²) >= 11 is 0. The van der Waals surface area contributed by atoms with E-state index in [1.165, 1.54) is 24.5 Å². The van der Waals surface area contributed by atoms with Gasteiger partial charge in [0.2, 0.25) is 0 Å². The van der Waals surface area contributed by atoms with Gasteiger partial charge in [-0.25, -0.2) is 18.7 Å². The quantitative estimate of drug-likeness (QED) is 0.500. The van der Waals surface area contributed by atoms with Gasteiger partial charge in [0.25, 0.3) is 5.91 Å². The Bertz CT molecular complexity index is 1190. The van der Waals surface area contributed by atoms with Crippen LogP contribution in [0.25, 0.3) is 0 Å². The van der Waals surface area contributed by atoms with Crippen LogP contribution in [0.3, 0.4) is 0 Å². The Labute approximate surface area is 235 Å². The predicted octanol–water partition coefficient (Wildman–Crippen LogP) is 4.79. The van der Waals surface area contributed by atoms with Crippen molar-refractivity contribution < 1.29 is 18.3 Å². The van der Waals surface area contributed by atoms with E-state index >= 15 is 4.39 Å². The molecule has 8 nitrogen and oxygen atoms in total. The molecule has 0 radical (unpaired) electrons. The van der Waals surface area contributed by atoms with Crippen LogP contribution in [0.1, 0.15) is 69.7 Å². The number of rotatable bonds is 8. The van der Waals surface area contributed by atoms with Crippen LogP contribution >= 0.6 is 0 Å². The number of benzene rings is 1. The molecule has 1 aromatic heterocycles. The number of piperidine rings is 1. The van der Waals surface area contributed by atoms with Gasteiger partial charge in [0, 0.05) is 43.7 Å². The van der Waals surface area contributed by atoms with E-state index in [4.69, 9.17) is 10.5 Å². The largest absolute Gasteiger partial charge is 0.451 e. The zero-order chi connectivity index (χ0) is 28.5. The fourth-order valence-electron chi connectivity index (χ4n) is 6.53. The third-order valence-electron chi connectivity index (χ3n) is 8.98. The number of carbonyl (C=O) groups is 1. The minimum absolute atomic E-state index is 0.0377. The minimum atomic E-state index is -1.11. The second kappa shape index (κ2) is 11.6. The number of halogens is 2. The Balaban J connectivity index is 1.23. The van der Waals surface area contributed by atoms with Crippen molar-refractivity contribution in [3.63, 3.8) is 0 Å². The van der Waals surface area contributed by atoms with Gasteiger partial charge in [0.15, 0.2) is 11.6 Å². The molecule has 218 valence electrons. The van der Waals surface area contributed by atoms with Crippen molar-refractivity contribution in [2.45, 2.75) is 77.0 Å². The molecule has 3 aliphatic rings. The maximum atomic E-state index is 15.4. The number of alkyl halides is 1. The van der Waals surface area contributed by atoms with Crippen LogP contribution in [0.15, 0.2) is 30.7 Å². The lowest BCUT2D eigenvalue weighted by Gasteiger charge is -2.55. The van der Waals surface area contributed by atoms with Crippen molar-refractivity contribution in [2.24, 2.45) is 11.1 Å². The molecule has 1 saturated carbocycles. The average Bonchev–Trinajstić information content (AvgIpc) is 2.91. The molecule has 1 aromatic carbocycles. The van der Waals surface area contributed by atoms with Crippen LogP contribution in [0.4, 0.5) is 14.6 Å². The molecule has 0 unspecified atom stereocenters. The van der Waals surface area contributed by atoms with Crippen LogP contribution in [0, 0.1) is 11.2 Å². The number of carbonyl (C=O) groups excluding carboxylic acids is 1. The molecule has 5 rings (SSSR count). The highest BCUT2D eigenvalue weighted by molar-refractivity contribution is 5.97. The van der Waals surface area contributed by atoms with Crippen molar-refractivity contribution in [2.75, 3.05) is 44.2 Å². The standard InChI is InChI=1S/C30H42F2N6O2/c1-4-38(21(2)3)28(39)24-15-22(31)5-6-25(24)40-26-16-34-20-35-27(26)37-17-29(18-37)11-13-36(14-12-29)19-30(32)9-7-23(33)8-10-30/h5-6,15-16,20-21,23H,4,7-14,17-19,33H2,1-3H3/t23-,30-. The Morgan fingerprint density at radius 2 is 1.88 bits per heavy atom. The van der Waals surface area contributed by atoms with Gasteiger partial charge in [-0.15, -0.1) is 0 Å². The van der Waals surface area contributed by atoms with Crippen LogP contribution < -0.4 is 15.4 Å². The first kappa shape index (κ1) is 28.7. The van der Waals surface area contributed by atoms with E-state index in [0.29, 0.717) is 37.5 Å². The second-order valence-electron chi connectivity index (χ2n) is 12.3. The van der Waals surface area contributed by atoms with Crippen molar-refractivity contribution in [1.29, 1.82) is 0 Å². The summed E-state index contributed by atoms with van der Waals surface area (Å²) in [6.45, 7) is 10.2. The normalized spacial score (nSPS) is 24.7. The highest BCUT2D eigenvalue weighted by Gasteiger charge is 2.47. The van der Waals surface area contributed by atoms with Crippen LogP contribution in [0.5, 0.6) is 11.5 Å². The molecule has 1 spiro atoms. The molecule has 40 heavy (non-hydrogen) atoms. The van der Waals surface area contributed by atoms with E-state index < -0.39 is 11.5 Å². The van der Waals surface area contributed by atoms with Gasteiger partial charge < -0.3 is 25.2 Å². The molecule has 2 aliphatic heterocycles. The van der Waals surface area contributed by atoms with Crippen LogP contribution in [-0.2, 0) is 0 Å². The summed E-state index contributed by atoms with van der Waals surface area (Å²) in [4.78, 5) is 28.0. The summed E-state index contributed by atoms with van der Waals surface area (Å²) in [6.07, 6.45) is 7.78. The molecule has 0 bridgehead atoms. The average molecular weight is 557 g/mol. The molecule has 0 atom stereocenters. The number of ether oxygens (including phenoxy) is 1. The van der Waals surface area contributed by atoms with Gasteiger partial charge in [-0.3, -0.25) is 4.79 Å². The fraction of sp³-hybridized carbons (Fsp3) is 0.633. The second-order valence-corrected chi connectivity index (χ2v) is 12.3. The molecule has 1 amide bonds. The molecule has 3 heterocycles. The summed E-state index contributed by atoms with van der Waals surface area (Å²) < 4.78 is 35.8. The van der Waals surface area contributed by atoms with Crippen molar-refractivity contribution >= 4 is 11.7 Å². The number of anilines is 1. The Morgan fingerprint density at radius 3 is 2.52 bits per heavy atom. The lowest BCUT2D eigenvalue weighted by molar-refractivity contribution is 0.0117. The number of likely N-dealkylation sites (tertiary alicyclic amines) is 1. The van der Waals surface area contributed by atoms with E-state index in [2.05, 4.69) is 19.8 Å². The summed E-state index contributed by atoms with van der Waals surface area (Å²) in [7, 11) is 0. The Hall–Kier alpha value is -2.85. The maximum Gasteiger partial charge on any atom is 0.257 e. The van der Waals surface area contributed by atoms with Gasteiger partial charge in [-0.1, -0.05) is 0 Å². The smallest absolute Gasteiger partial charge is 0.257 e. The molecule has 2 aromatic rings. The minimum Gasteiger partial charge on any atom is -0.451 e. The lowest BCUT2D eigenvalue weighted by Crippen LogP contribution is -2.61. The SMILES string of the molecule is CCN(C(=O)c1cc(F)ccc1Oc1cncnc1N1CC2(CCN(C[C@]3(F)CC[C@H](N)CC3)CC2)C1)C(C)C.